The molecule has 0 N–H and O–H groups in total. The Morgan fingerprint density at radius 2 is 1.39 bits per heavy atom. The Bertz CT molecular complexity index is 2560. The van der Waals surface area contributed by atoms with E-state index < -0.39 is 31.4 Å². The summed E-state index contributed by atoms with van der Waals surface area (Å²) in [7, 11) is 0. The van der Waals surface area contributed by atoms with Crippen molar-refractivity contribution in [2.75, 3.05) is 0 Å². The summed E-state index contributed by atoms with van der Waals surface area (Å²) in [6, 6.07) is 24.4. The van der Waals surface area contributed by atoms with Gasteiger partial charge in [0, 0.05) is 34.9 Å². The fourth-order valence-electron chi connectivity index (χ4n) is 6.40. The van der Waals surface area contributed by atoms with Gasteiger partial charge in [-0.15, -0.1) is 0 Å². The molecule has 0 amide bonds. The van der Waals surface area contributed by atoms with E-state index in [9.17, 15) is 2.74 Å². The minimum absolute atomic E-state index is 0.0479. The second kappa shape index (κ2) is 10.6. The smallest absolute Gasteiger partial charge is 0.145 e. The third-order valence-electron chi connectivity index (χ3n) is 8.73. The molecule has 0 spiro atoms. The number of furan rings is 1. The van der Waals surface area contributed by atoms with Crippen LogP contribution in [0.25, 0.3) is 65.9 Å². The highest BCUT2D eigenvalue weighted by Crippen LogP contribution is 2.43. The van der Waals surface area contributed by atoms with Gasteiger partial charge in [0.1, 0.15) is 11.2 Å². The first-order valence-corrected chi connectivity index (χ1v) is 15.0. The molecule has 0 saturated carbocycles. The minimum Gasteiger partial charge on any atom is -0.455 e. The number of fused-ring (bicyclic) bond motifs is 6. The number of nitrogens with zero attached hydrogens (tertiary/aromatic N) is 1. The van der Waals surface area contributed by atoms with Crippen molar-refractivity contribution in [2.45, 2.75) is 72.9 Å². The first-order chi connectivity index (χ1) is 24.4. The number of rotatable bonds is 5. The molecule has 0 radical (unpaired) electrons. The molecule has 2 aromatic heterocycles. The molecule has 0 atom stereocenters. The van der Waals surface area contributed by atoms with E-state index in [1.54, 1.807) is 71.9 Å². The molecular formula is C42H41NO. The van der Waals surface area contributed by atoms with Crippen LogP contribution >= 0.6 is 0 Å². The van der Waals surface area contributed by atoms with Gasteiger partial charge in [-0.1, -0.05) is 96.1 Å². The van der Waals surface area contributed by atoms with Crippen LogP contribution in [-0.4, -0.2) is 4.98 Å². The molecule has 0 unspecified atom stereocenters. The summed E-state index contributed by atoms with van der Waals surface area (Å²) in [4.78, 5) is 4.67. The van der Waals surface area contributed by atoms with Crippen molar-refractivity contribution in [1.82, 2.24) is 4.98 Å². The molecule has 2 heteroatoms. The molecular weight excluding hydrogens is 534 g/mol. The van der Waals surface area contributed by atoms with Gasteiger partial charge in [-0.3, -0.25) is 4.98 Å². The second-order valence-corrected chi connectivity index (χ2v) is 12.4. The standard InChI is InChI=1S/C42H41NO/c1-23(2)30-18-33(24(3)4)41(34(19-30)25(5)6)35-20-38(43-22-27(35)8)32-16-13-26(7)40-37-17-29-15-14-28-11-9-10-12-31(28)36(29)21-39(37)44-42(32)40/h9-25H,1-8H3/i7D3,8D3,23D,24D,25D. The lowest BCUT2D eigenvalue weighted by molar-refractivity contribution is 0.670. The zero-order chi connectivity index (χ0) is 38.6. The normalized spacial score (nSPS) is 16.5. The van der Waals surface area contributed by atoms with E-state index in [-0.39, 0.29) is 16.7 Å². The molecule has 0 fully saturated rings. The fraction of sp³-hybridized carbons (Fsp3) is 0.262. The van der Waals surface area contributed by atoms with Crippen LogP contribution in [0.1, 0.15) is 99.4 Å². The fourth-order valence-corrected chi connectivity index (χ4v) is 6.40. The van der Waals surface area contributed by atoms with Crippen molar-refractivity contribution in [3.8, 4) is 22.4 Å². The van der Waals surface area contributed by atoms with Crippen LogP contribution in [0, 0.1) is 13.7 Å². The largest absolute Gasteiger partial charge is 0.455 e. The lowest BCUT2D eigenvalue weighted by atomic mass is 9.81. The van der Waals surface area contributed by atoms with E-state index in [1.165, 1.54) is 6.20 Å². The van der Waals surface area contributed by atoms with E-state index in [0.29, 0.717) is 55.4 Å². The topological polar surface area (TPSA) is 26.0 Å². The Labute approximate surface area is 273 Å². The molecule has 0 bridgehead atoms. The Morgan fingerprint density at radius 1 is 0.659 bits per heavy atom. The van der Waals surface area contributed by atoms with Gasteiger partial charge in [0.15, 0.2) is 0 Å². The van der Waals surface area contributed by atoms with Crippen molar-refractivity contribution < 1.29 is 16.8 Å². The van der Waals surface area contributed by atoms with E-state index in [2.05, 4.69) is 4.98 Å². The molecule has 7 rings (SSSR count). The zero-order valence-corrected chi connectivity index (χ0v) is 25.9. The molecule has 0 aliphatic rings. The van der Waals surface area contributed by atoms with Crippen LogP contribution in [0.4, 0.5) is 0 Å². The van der Waals surface area contributed by atoms with Crippen LogP contribution in [0.5, 0.6) is 0 Å². The predicted octanol–water partition coefficient (Wildman–Crippen LogP) is 12.6. The molecule has 7 aromatic rings. The van der Waals surface area contributed by atoms with Gasteiger partial charge in [-0.2, -0.15) is 0 Å². The highest BCUT2D eigenvalue weighted by Gasteiger charge is 2.22. The van der Waals surface area contributed by atoms with Crippen LogP contribution < -0.4 is 0 Å². The van der Waals surface area contributed by atoms with Crippen molar-refractivity contribution in [3.63, 3.8) is 0 Å². The number of pyridine rings is 1. The minimum atomic E-state index is -2.61. The van der Waals surface area contributed by atoms with Gasteiger partial charge in [0.05, 0.1) is 5.69 Å². The number of aromatic nitrogens is 1. The molecule has 5 aromatic carbocycles. The molecule has 0 aliphatic carbocycles. The van der Waals surface area contributed by atoms with Gasteiger partial charge in [-0.25, -0.2) is 0 Å². The number of hydrogen-bond donors (Lipinski definition) is 0. The van der Waals surface area contributed by atoms with E-state index in [4.69, 9.17) is 14.0 Å². The highest BCUT2D eigenvalue weighted by molar-refractivity contribution is 6.18. The average Bonchev–Trinajstić information content (AvgIpc) is 3.42. The monoisotopic (exact) mass is 584 g/mol. The van der Waals surface area contributed by atoms with Gasteiger partial charge >= 0.3 is 0 Å². The van der Waals surface area contributed by atoms with E-state index in [0.717, 1.165) is 21.5 Å². The molecule has 2 nitrogen and oxygen atoms in total. The summed E-state index contributed by atoms with van der Waals surface area (Å²) in [5.41, 5.74) is 4.01. The van der Waals surface area contributed by atoms with Crippen LogP contribution in [0.15, 0.2) is 89.5 Å². The maximum atomic E-state index is 9.23. The number of benzene rings is 5. The van der Waals surface area contributed by atoms with Gasteiger partial charge in [0.25, 0.3) is 0 Å². The Hall–Kier alpha value is -4.43. The van der Waals surface area contributed by atoms with Crippen LogP contribution in [-0.2, 0) is 0 Å². The van der Waals surface area contributed by atoms with Crippen molar-refractivity contribution in [2.24, 2.45) is 0 Å². The summed E-state index contributed by atoms with van der Waals surface area (Å²) in [5, 5.41) is 5.06. The third kappa shape index (κ3) is 4.51. The van der Waals surface area contributed by atoms with Gasteiger partial charge in [0.2, 0.25) is 0 Å². The van der Waals surface area contributed by atoms with Crippen molar-refractivity contribution >= 4 is 43.5 Å². The second-order valence-electron chi connectivity index (χ2n) is 12.4. The summed E-state index contributed by atoms with van der Waals surface area (Å²) in [5.74, 6) is -3.54. The van der Waals surface area contributed by atoms with Crippen LogP contribution in [0.3, 0.4) is 0 Å². The predicted molar refractivity (Wildman–Crippen MR) is 189 cm³/mol. The quantitative estimate of drug-likeness (QED) is 0.188. The summed E-state index contributed by atoms with van der Waals surface area (Å²) in [6.45, 7) is 5.26. The Balaban J connectivity index is 1.59. The SMILES string of the molecule is [2H]C([2H])([2H])c1cnc(-c2ccc(C([2H])([2H])[2H])c3c2oc2cc4c(ccc5ccccc54)cc23)cc1-c1c(C([2H])(C)C)cc(C([2H])(C)C)cc1C([2H])(C)C. The summed E-state index contributed by atoms with van der Waals surface area (Å²) < 4.78 is 84.9. The molecule has 220 valence electrons. The van der Waals surface area contributed by atoms with Crippen LogP contribution in [0.2, 0.25) is 0 Å². The van der Waals surface area contributed by atoms with E-state index in [1.807, 2.05) is 48.5 Å². The summed E-state index contributed by atoms with van der Waals surface area (Å²) in [6.07, 6.45) is 1.31. The Kier molecular flexibility index (Phi) is 4.78. The molecule has 0 aliphatic heterocycles. The lowest BCUT2D eigenvalue weighted by Gasteiger charge is -2.24. The van der Waals surface area contributed by atoms with Gasteiger partial charge in [-0.05, 0) is 116 Å². The van der Waals surface area contributed by atoms with Crippen molar-refractivity contribution in [1.29, 1.82) is 0 Å². The lowest BCUT2D eigenvalue weighted by Crippen LogP contribution is -2.05. The maximum Gasteiger partial charge on any atom is 0.145 e. The average molecular weight is 585 g/mol. The molecule has 2 heterocycles. The molecule has 0 saturated heterocycles. The van der Waals surface area contributed by atoms with E-state index >= 15 is 0 Å². The maximum absolute atomic E-state index is 9.23. The summed E-state index contributed by atoms with van der Waals surface area (Å²) >= 11 is 0. The van der Waals surface area contributed by atoms with Gasteiger partial charge < -0.3 is 4.42 Å². The number of aryl methyl sites for hydroxylation is 2. The first-order valence-electron chi connectivity index (χ1n) is 19.5. The third-order valence-corrected chi connectivity index (χ3v) is 8.73. The van der Waals surface area contributed by atoms with Crippen molar-refractivity contribution in [3.05, 3.63) is 113 Å². The first kappa shape index (κ1) is 19.8. The highest BCUT2D eigenvalue weighted by atomic mass is 16.3. The zero-order valence-electron chi connectivity index (χ0n) is 34.9. The molecule has 44 heavy (non-hydrogen) atoms. The number of hydrogen-bond acceptors (Lipinski definition) is 2. The Morgan fingerprint density at radius 3 is 2.09 bits per heavy atom.